The minimum Gasteiger partial charge on any atom is -0.478 e. The lowest BCUT2D eigenvalue weighted by Crippen LogP contribution is -2.33. The summed E-state index contributed by atoms with van der Waals surface area (Å²) in [7, 11) is -3.97. The average Bonchev–Trinajstić information content (AvgIpc) is 2.25. The Hall–Kier alpha value is -1.93. The van der Waals surface area contributed by atoms with Gasteiger partial charge in [-0.15, -0.1) is 0 Å². The first kappa shape index (κ1) is 15.1. The number of carbonyl (C=O) groups excluding carboxylic acids is 1. The third-order valence-electron chi connectivity index (χ3n) is 2.48. The van der Waals surface area contributed by atoms with Crippen LogP contribution in [-0.4, -0.2) is 31.9 Å². The molecular weight excluding hydrogens is 272 g/mol. The van der Waals surface area contributed by atoms with Gasteiger partial charge in [0.15, 0.2) is 0 Å². The Kier molecular flexibility index (Phi) is 4.28. The fraction of sp³-hybridized carbons (Fsp3) is 0.273. The van der Waals surface area contributed by atoms with Gasteiger partial charge in [0.1, 0.15) is 0 Å². The van der Waals surface area contributed by atoms with E-state index in [1.807, 2.05) is 4.72 Å². The fourth-order valence-electron chi connectivity index (χ4n) is 1.60. The van der Waals surface area contributed by atoms with Crippen LogP contribution in [0.2, 0.25) is 0 Å². The molecule has 7 nitrogen and oxygen atoms in total. The third kappa shape index (κ3) is 3.52. The van der Waals surface area contributed by atoms with Crippen LogP contribution in [0.1, 0.15) is 21.5 Å². The third-order valence-corrected chi connectivity index (χ3v) is 4.02. The summed E-state index contributed by atoms with van der Waals surface area (Å²) < 4.78 is 25.9. The molecule has 0 radical (unpaired) electrons. The molecule has 4 N–H and O–H groups in total. The van der Waals surface area contributed by atoms with Gasteiger partial charge in [0.05, 0.1) is 17.0 Å². The highest BCUT2D eigenvalue weighted by Gasteiger charge is 2.20. The van der Waals surface area contributed by atoms with Crippen molar-refractivity contribution in [1.29, 1.82) is 0 Å². The predicted octanol–water partition coefficient (Wildman–Crippen LogP) is -0.235. The Morgan fingerprint density at radius 2 is 1.84 bits per heavy atom. The zero-order valence-electron chi connectivity index (χ0n) is 10.4. The fourth-order valence-corrected chi connectivity index (χ4v) is 2.84. The number of carboxylic acid groups (broad SMARTS) is 1. The number of rotatable bonds is 5. The van der Waals surface area contributed by atoms with Crippen LogP contribution in [0.5, 0.6) is 0 Å². The lowest BCUT2D eigenvalue weighted by Gasteiger charge is -2.11. The maximum Gasteiger partial charge on any atom is 0.335 e. The highest BCUT2D eigenvalue weighted by Crippen LogP contribution is 2.20. The molecule has 0 fully saturated rings. The van der Waals surface area contributed by atoms with Crippen LogP contribution >= 0.6 is 0 Å². The van der Waals surface area contributed by atoms with E-state index < -0.39 is 28.4 Å². The summed E-state index contributed by atoms with van der Waals surface area (Å²) in [5, 5.41) is 8.98. The second-order valence-electron chi connectivity index (χ2n) is 4.03. The van der Waals surface area contributed by atoms with Gasteiger partial charge in [-0.1, -0.05) is 6.07 Å². The highest BCUT2D eigenvalue weighted by atomic mass is 32.2. The first-order valence-electron chi connectivity index (χ1n) is 5.27. The number of sulfonamides is 1. The molecule has 0 spiro atoms. The monoisotopic (exact) mass is 286 g/mol. The van der Waals surface area contributed by atoms with Crippen LogP contribution in [0.15, 0.2) is 17.0 Å². The molecule has 0 aliphatic carbocycles. The van der Waals surface area contributed by atoms with Crippen LogP contribution in [0, 0.1) is 13.8 Å². The van der Waals surface area contributed by atoms with E-state index in [2.05, 4.69) is 0 Å². The zero-order valence-corrected chi connectivity index (χ0v) is 11.2. The molecule has 0 atom stereocenters. The van der Waals surface area contributed by atoms with E-state index in [0.717, 1.165) is 6.07 Å². The van der Waals surface area contributed by atoms with Crippen LogP contribution in [-0.2, 0) is 14.8 Å². The number of aromatic carboxylic acids is 1. The summed E-state index contributed by atoms with van der Waals surface area (Å²) in [5.74, 6) is -2.05. The maximum atomic E-state index is 11.9. The molecule has 19 heavy (non-hydrogen) atoms. The second kappa shape index (κ2) is 5.37. The van der Waals surface area contributed by atoms with Crippen molar-refractivity contribution in [2.45, 2.75) is 18.7 Å². The Bertz CT molecular complexity index is 637. The average molecular weight is 286 g/mol. The molecule has 1 aromatic rings. The van der Waals surface area contributed by atoms with Gasteiger partial charge in [0, 0.05) is 0 Å². The molecule has 0 aliphatic heterocycles. The number of amides is 1. The number of hydrogen-bond donors (Lipinski definition) is 3. The van der Waals surface area contributed by atoms with Gasteiger partial charge in [-0.05, 0) is 31.0 Å². The van der Waals surface area contributed by atoms with E-state index in [0.29, 0.717) is 11.1 Å². The number of primary amides is 1. The Labute approximate surface area is 110 Å². The van der Waals surface area contributed by atoms with E-state index in [1.165, 1.54) is 13.0 Å². The first-order valence-corrected chi connectivity index (χ1v) is 6.76. The number of nitrogens with one attached hydrogen (secondary N) is 1. The first-order chi connectivity index (χ1) is 8.65. The SMILES string of the molecule is Cc1cc(C)c(S(=O)(=O)NCC(N)=O)cc1C(=O)O. The van der Waals surface area contributed by atoms with Crippen molar-refractivity contribution in [2.24, 2.45) is 5.73 Å². The van der Waals surface area contributed by atoms with Gasteiger partial charge in [0.25, 0.3) is 0 Å². The summed E-state index contributed by atoms with van der Waals surface area (Å²) in [6.07, 6.45) is 0. The van der Waals surface area contributed by atoms with Gasteiger partial charge < -0.3 is 10.8 Å². The molecule has 104 valence electrons. The summed E-state index contributed by atoms with van der Waals surface area (Å²) in [6, 6.07) is 2.53. The largest absolute Gasteiger partial charge is 0.478 e. The van der Waals surface area contributed by atoms with Crippen molar-refractivity contribution in [1.82, 2.24) is 4.72 Å². The van der Waals surface area contributed by atoms with Crippen molar-refractivity contribution in [3.63, 3.8) is 0 Å². The summed E-state index contributed by atoms with van der Waals surface area (Å²) >= 11 is 0. The molecular formula is C11H14N2O5S. The maximum absolute atomic E-state index is 11.9. The molecule has 0 heterocycles. The number of benzene rings is 1. The Morgan fingerprint density at radius 3 is 2.32 bits per heavy atom. The lowest BCUT2D eigenvalue weighted by molar-refractivity contribution is -0.116. The molecule has 1 rings (SSSR count). The van der Waals surface area contributed by atoms with E-state index >= 15 is 0 Å². The predicted molar refractivity (Wildman–Crippen MR) is 67.3 cm³/mol. The smallest absolute Gasteiger partial charge is 0.335 e. The molecule has 0 saturated heterocycles. The van der Waals surface area contributed by atoms with Gasteiger partial charge in [-0.25, -0.2) is 17.9 Å². The van der Waals surface area contributed by atoms with Crippen LogP contribution in [0.4, 0.5) is 0 Å². The molecule has 1 amide bonds. The van der Waals surface area contributed by atoms with E-state index in [9.17, 15) is 18.0 Å². The summed E-state index contributed by atoms with van der Waals surface area (Å²) in [4.78, 5) is 21.4. The highest BCUT2D eigenvalue weighted by molar-refractivity contribution is 7.89. The van der Waals surface area contributed by atoms with Crippen molar-refractivity contribution in [3.8, 4) is 0 Å². The molecule has 0 saturated carbocycles. The van der Waals surface area contributed by atoms with E-state index in [4.69, 9.17) is 10.8 Å². The summed E-state index contributed by atoms with van der Waals surface area (Å²) in [5.41, 5.74) is 5.60. The summed E-state index contributed by atoms with van der Waals surface area (Å²) in [6.45, 7) is 2.57. The number of aryl methyl sites for hydroxylation is 2. The lowest BCUT2D eigenvalue weighted by atomic mass is 10.1. The minimum absolute atomic E-state index is 0.106. The van der Waals surface area contributed by atoms with Gasteiger partial charge in [-0.3, -0.25) is 4.79 Å². The van der Waals surface area contributed by atoms with Crippen molar-refractivity contribution in [3.05, 3.63) is 28.8 Å². The molecule has 1 aromatic carbocycles. The van der Waals surface area contributed by atoms with Crippen LogP contribution in [0.25, 0.3) is 0 Å². The van der Waals surface area contributed by atoms with Gasteiger partial charge in [-0.2, -0.15) is 0 Å². The van der Waals surface area contributed by atoms with Crippen LogP contribution in [0.3, 0.4) is 0 Å². The van der Waals surface area contributed by atoms with E-state index in [-0.39, 0.29) is 10.5 Å². The van der Waals surface area contributed by atoms with E-state index in [1.54, 1.807) is 6.92 Å². The molecule has 8 heteroatoms. The Balaban J connectivity index is 3.30. The minimum atomic E-state index is -3.97. The molecule has 0 aromatic heterocycles. The molecule has 0 unspecified atom stereocenters. The topological polar surface area (TPSA) is 127 Å². The zero-order chi connectivity index (χ0) is 14.8. The normalized spacial score (nSPS) is 11.3. The number of nitrogens with two attached hydrogens (primary N) is 1. The number of carbonyl (C=O) groups is 2. The van der Waals surface area contributed by atoms with Gasteiger partial charge in [0.2, 0.25) is 15.9 Å². The standard InChI is InChI=1S/C11H14N2O5S/c1-6-3-7(2)9(4-8(6)11(15)16)19(17,18)13-5-10(12)14/h3-4,13H,5H2,1-2H3,(H2,12,14)(H,15,16). The van der Waals surface area contributed by atoms with Crippen LogP contribution < -0.4 is 10.5 Å². The second-order valence-corrected chi connectivity index (χ2v) is 5.76. The quantitative estimate of drug-likeness (QED) is 0.688. The molecule has 0 aliphatic rings. The Morgan fingerprint density at radius 1 is 1.26 bits per heavy atom. The van der Waals surface area contributed by atoms with Gasteiger partial charge >= 0.3 is 5.97 Å². The van der Waals surface area contributed by atoms with Crippen molar-refractivity contribution < 1.29 is 23.1 Å². The number of carboxylic acids is 1. The number of hydrogen-bond acceptors (Lipinski definition) is 4. The van der Waals surface area contributed by atoms with Crippen molar-refractivity contribution >= 4 is 21.9 Å². The molecule has 0 bridgehead atoms. The van der Waals surface area contributed by atoms with Crippen molar-refractivity contribution in [2.75, 3.05) is 6.54 Å².